The molecule has 1 atom stereocenters. The van der Waals surface area contributed by atoms with Crippen LogP contribution in [0.4, 0.5) is 0 Å². The minimum Gasteiger partial charge on any atom is -0.497 e. The molecule has 1 aromatic heterocycles. The smallest absolute Gasteiger partial charge is 0.227 e. The molecule has 21 heavy (non-hydrogen) atoms. The minimum absolute atomic E-state index is 0.351. The molecule has 1 heterocycles. The molecule has 0 aliphatic carbocycles. The number of aryl methyl sites for hydroxylation is 1. The molecule has 2 rings (SSSR count). The first-order valence-corrected chi connectivity index (χ1v) is 7.95. The first kappa shape index (κ1) is 15.9. The lowest BCUT2D eigenvalue weighted by atomic mass is 10.2. The van der Waals surface area contributed by atoms with Crippen molar-refractivity contribution in [2.45, 2.75) is 30.7 Å². The zero-order valence-corrected chi connectivity index (χ0v) is 13.4. The maximum absolute atomic E-state index is 5.26. The third kappa shape index (κ3) is 5.06. The number of hydrogen-bond donors (Lipinski definition) is 1. The number of likely N-dealkylation sites (N-methyl/N-ethyl adjacent to an activating group) is 1. The van der Waals surface area contributed by atoms with Crippen molar-refractivity contribution >= 4 is 11.8 Å². The van der Waals surface area contributed by atoms with Crippen molar-refractivity contribution in [1.29, 1.82) is 0 Å². The van der Waals surface area contributed by atoms with E-state index in [1.165, 1.54) is 4.90 Å². The third-order valence-electron chi connectivity index (χ3n) is 3.14. The maximum atomic E-state index is 5.26. The van der Waals surface area contributed by atoms with Gasteiger partial charge in [0.05, 0.1) is 7.11 Å². The molecule has 0 saturated heterocycles. The number of benzene rings is 1. The fraction of sp³-hybridized carbons (Fsp3) is 0.467. The van der Waals surface area contributed by atoms with E-state index < -0.39 is 0 Å². The number of rotatable bonds is 8. The first-order valence-electron chi connectivity index (χ1n) is 6.97. The highest BCUT2D eigenvalue weighted by Gasteiger charge is 2.09. The van der Waals surface area contributed by atoms with Crippen LogP contribution in [0.1, 0.15) is 18.6 Å². The quantitative estimate of drug-likeness (QED) is 0.756. The van der Waals surface area contributed by atoms with Gasteiger partial charge in [-0.3, -0.25) is 0 Å². The maximum Gasteiger partial charge on any atom is 0.227 e. The standard InChI is InChI=1S/C15H21N3O2S/c1-11(16-2)10-14-17-15(20-18-14)8-9-21-13-6-4-12(19-3)5-7-13/h4-7,11,16H,8-10H2,1-3H3. The minimum atomic E-state index is 0.351. The summed E-state index contributed by atoms with van der Waals surface area (Å²) in [6.45, 7) is 2.09. The van der Waals surface area contributed by atoms with Gasteiger partial charge >= 0.3 is 0 Å². The Balaban J connectivity index is 1.77. The number of nitrogens with zero attached hydrogens (tertiary/aromatic N) is 2. The van der Waals surface area contributed by atoms with Gasteiger partial charge in [-0.15, -0.1) is 11.8 Å². The van der Waals surface area contributed by atoms with Crippen molar-refractivity contribution in [2.24, 2.45) is 0 Å². The van der Waals surface area contributed by atoms with Crippen molar-refractivity contribution in [3.8, 4) is 5.75 Å². The summed E-state index contributed by atoms with van der Waals surface area (Å²) in [6, 6.07) is 8.39. The lowest BCUT2D eigenvalue weighted by Gasteiger charge is -2.04. The van der Waals surface area contributed by atoms with Crippen LogP contribution in [0.25, 0.3) is 0 Å². The van der Waals surface area contributed by atoms with E-state index in [9.17, 15) is 0 Å². The topological polar surface area (TPSA) is 60.2 Å². The van der Waals surface area contributed by atoms with E-state index in [4.69, 9.17) is 9.26 Å². The second kappa shape index (κ2) is 8.05. The Morgan fingerprint density at radius 3 is 2.76 bits per heavy atom. The fourth-order valence-corrected chi connectivity index (χ4v) is 2.62. The van der Waals surface area contributed by atoms with Gasteiger partial charge in [-0.25, -0.2) is 0 Å². The lowest BCUT2D eigenvalue weighted by Crippen LogP contribution is -2.24. The zero-order valence-electron chi connectivity index (χ0n) is 12.6. The van der Waals surface area contributed by atoms with Gasteiger partial charge in [0.15, 0.2) is 5.82 Å². The van der Waals surface area contributed by atoms with Gasteiger partial charge in [-0.05, 0) is 38.2 Å². The fourth-order valence-electron chi connectivity index (χ4n) is 1.78. The Bertz CT molecular complexity index is 542. The van der Waals surface area contributed by atoms with Crippen LogP contribution in [0.2, 0.25) is 0 Å². The normalized spacial score (nSPS) is 12.3. The Morgan fingerprint density at radius 1 is 1.33 bits per heavy atom. The van der Waals surface area contributed by atoms with Gasteiger partial charge in [0, 0.05) is 29.5 Å². The third-order valence-corrected chi connectivity index (χ3v) is 4.15. The van der Waals surface area contributed by atoms with Gasteiger partial charge in [-0.2, -0.15) is 4.98 Å². The molecule has 2 aromatic rings. The number of thioether (sulfide) groups is 1. The number of methoxy groups -OCH3 is 1. The van der Waals surface area contributed by atoms with Crippen LogP contribution >= 0.6 is 11.8 Å². The van der Waals surface area contributed by atoms with Crippen molar-refractivity contribution in [1.82, 2.24) is 15.5 Å². The van der Waals surface area contributed by atoms with Gasteiger partial charge in [0.1, 0.15) is 5.75 Å². The number of aromatic nitrogens is 2. The van der Waals surface area contributed by atoms with E-state index in [0.29, 0.717) is 11.9 Å². The van der Waals surface area contributed by atoms with Crippen molar-refractivity contribution < 1.29 is 9.26 Å². The molecule has 0 saturated carbocycles. The molecule has 0 aliphatic rings. The van der Waals surface area contributed by atoms with Crippen LogP contribution in [0, 0.1) is 0 Å². The van der Waals surface area contributed by atoms with E-state index in [1.54, 1.807) is 18.9 Å². The predicted molar refractivity (Wildman–Crippen MR) is 83.9 cm³/mol. The molecule has 1 unspecified atom stereocenters. The molecule has 0 spiro atoms. The molecule has 0 fully saturated rings. The number of ether oxygens (including phenoxy) is 1. The SMILES string of the molecule is CNC(C)Cc1noc(CCSc2ccc(OC)cc2)n1. The van der Waals surface area contributed by atoms with Gasteiger partial charge < -0.3 is 14.6 Å². The molecular formula is C15H21N3O2S. The number of nitrogens with one attached hydrogen (secondary N) is 1. The Morgan fingerprint density at radius 2 is 2.10 bits per heavy atom. The van der Waals surface area contributed by atoms with E-state index in [2.05, 4.69) is 34.5 Å². The van der Waals surface area contributed by atoms with Gasteiger partial charge in [0.25, 0.3) is 0 Å². The average molecular weight is 307 g/mol. The lowest BCUT2D eigenvalue weighted by molar-refractivity contribution is 0.375. The summed E-state index contributed by atoms with van der Waals surface area (Å²) in [5.74, 6) is 3.25. The summed E-state index contributed by atoms with van der Waals surface area (Å²) in [6.07, 6.45) is 1.56. The van der Waals surface area contributed by atoms with Crippen molar-refractivity contribution in [2.75, 3.05) is 19.9 Å². The van der Waals surface area contributed by atoms with Crippen LogP contribution in [-0.4, -0.2) is 36.1 Å². The first-order chi connectivity index (χ1) is 10.2. The molecule has 0 bridgehead atoms. The highest BCUT2D eigenvalue weighted by atomic mass is 32.2. The average Bonchev–Trinajstić information content (AvgIpc) is 2.95. The summed E-state index contributed by atoms with van der Waals surface area (Å²) >= 11 is 1.77. The molecule has 1 N–H and O–H groups in total. The Hall–Kier alpha value is -1.53. The molecule has 0 amide bonds. The summed E-state index contributed by atoms with van der Waals surface area (Å²) < 4.78 is 10.4. The van der Waals surface area contributed by atoms with E-state index >= 15 is 0 Å². The summed E-state index contributed by atoms with van der Waals surface area (Å²) in [5, 5.41) is 7.16. The van der Waals surface area contributed by atoms with E-state index in [0.717, 1.165) is 30.2 Å². The second-order valence-corrected chi connectivity index (χ2v) is 5.94. The van der Waals surface area contributed by atoms with Crippen LogP contribution in [-0.2, 0) is 12.8 Å². The van der Waals surface area contributed by atoms with Crippen LogP contribution < -0.4 is 10.1 Å². The molecule has 114 valence electrons. The predicted octanol–water partition coefficient (Wildman–Crippen LogP) is 2.56. The molecule has 0 aliphatic heterocycles. The van der Waals surface area contributed by atoms with Crippen molar-refractivity contribution in [3.05, 3.63) is 36.0 Å². The monoisotopic (exact) mass is 307 g/mol. The molecular weight excluding hydrogens is 286 g/mol. The van der Waals surface area contributed by atoms with Gasteiger partial charge in [-0.1, -0.05) is 5.16 Å². The Kier molecular flexibility index (Phi) is 6.07. The highest BCUT2D eigenvalue weighted by Crippen LogP contribution is 2.21. The van der Waals surface area contributed by atoms with Crippen LogP contribution in [0.15, 0.2) is 33.7 Å². The number of hydrogen-bond acceptors (Lipinski definition) is 6. The zero-order chi connectivity index (χ0) is 15.1. The largest absolute Gasteiger partial charge is 0.497 e. The van der Waals surface area contributed by atoms with Crippen molar-refractivity contribution in [3.63, 3.8) is 0 Å². The van der Waals surface area contributed by atoms with E-state index in [1.807, 2.05) is 19.2 Å². The van der Waals surface area contributed by atoms with E-state index in [-0.39, 0.29) is 0 Å². The summed E-state index contributed by atoms with van der Waals surface area (Å²) in [5.41, 5.74) is 0. The Labute approximate surface area is 129 Å². The molecule has 1 aromatic carbocycles. The summed E-state index contributed by atoms with van der Waals surface area (Å²) in [7, 11) is 3.60. The molecule has 5 nitrogen and oxygen atoms in total. The van der Waals surface area contributed by atoms with Gasteiger partial charge in [0.2, 0.25) is 5.89 Å². The van der Waals surface area contributed by atoms with Crippen LogP contribution in [0.3, 0.4) is 0 Å². The van der Waals surface area contributed by atoms with Crippen LogP contribution in [0.5, 0.6) is 5.75 Å². The second-order valence-electron chi connectivity index (χ2n) is 4.77. The molecule has 6 heteroatoms. The molecule has 0 radical (unpaired) electrons. The summed E-state index contributed by atoms with van der Waals surface area (Å²) in [4.78, 5) is 5.61. The highest BCUT2D eigenvalue weighted by molar-refractivity contribution is 7.99.